The largest absolute Gasteiger partial charge is 0.366 e. The molecule has 0 radical (unpaired) electrons. The van der Waals surface area contributed by atoms with Crippen molar-refractivity contribution in [1.29, 1.82) is 0 Å². The van der Waals surface area contributed by atoms with E-state index in [9.17, 15) is 13.2 Å². The maximum atomic E-state index is 12.7. The molecule has 1 aliphatic heterocycles. The van der Waals surface area contributed by atoms with Gasteiger partial charge in [-0.25, -0.2) is 8.42 Å². The van der Waals surface area contributed by atoms with Crippen LogP contribution in [0.15, 0.2) is 59.5 Å². The summed E-state index contributed by atoms with van der Waals surface area (Å²) in [5.74, 6) is -0.571. The summed E-state index contributed by atoms with van der Waals surface area (Å²) in [4.78, 5) is 13.5. The van der Waals surface area contributed by atoms with Crippen LogP contribution >= 0.6 is 0 Å². The summed E-state index contributed by atoms with van der Waals surface area (Å²) in [5.41, 5.74) is 6.71. The third-order valence-corrected chi connectivity index (χ3v) is 6.27. The number of amides is 1. The lowest BCUT2D eigenvalue weighted by atomic mass is 10.2. The van der Waals surface area contributed by atoms with Crippen LogP contribution in [0.25, 0.3) is 0 Å². The Kier molecular flexibility index (Phi) is 5.17. The van der Waals surface area contributed by atoms with E-state index in [0.29, 0.717) is 31.7 Å². The van der Waals surface area contributed by atoms with Crippen LogP contribution in [0.1, 0.15) is 15.9 Å². The fourth-order valence-electron chi connectivity index (χ4n) is 2.91. The van der Waals surface area contributed by atoms with Crippen molar-refractivity contribution < 1.29 is 13.2 Å². The first-order valence-electron chi connectivity index (χ1n) is 8.13. The molecule has 1 saturated heterocycles. The van der Waals surface area contributed by atoms with Crippen molar-refractivity contribution in [2.24, 2.45) is 5.73 Å². The van der Waals surface area contributed by atoms with Gasteiger partial charge in [-0.15, -0.1) is 0 Å². The number of sulfonamides is 1. The van der Waals surface area contributed by atoms with Gasteiger partial charge in [0.25, 0.3) is 0 Å². The van der Waals surface area contributed by atoms with Gasteiger partial charge in [-0.2, -0.15) is 4.31 Å². The SMILES string of the molecule is NC(=O)c1ccc(S(=O)(=O)N2CCN(Cc3ccccc3)CC2)cc1. The fourth-order valence-corrected chi connectivity index (χ4v) is 4.33. The molecule has 0 unspecified atom stereocenters. The van der Waals surface area contributed by atoms with Crippen molar-refractivity contribution in [2.45, 2.75) is 11.4 Å². The van der Waals surface area contributed by atoms with Gasteiger partial charge >= 0.3 is 0 Å². The predicted octanol–water partition coefficient (Wildman–Crippen LogP) is 1.29. The van der Waals surface area contributed by atoms with Gasteiger partial charge in [0.1, 0.15) is 0 Å². The van der Waals surface area contributed by atoms with Crippen molar-refractivity contribution in [3.8, 4) is 0 Å². The van der Waals surface area contributed by atoms with Crippen molar-refractivity contribution in [3.63, 3.8) is 0 Å². The fraction of sp³-hybridized carbons (Fsp3) is 0.278. The second-order valence-electron chi connectivity index (χ2n) is 6.05. The van der Waals surface area contributed by atoms with Gasteiger partial charge in [-0.3, -0.25) is 9.69 Å². The molecule has 1 amide bonds. The Labute approximate surface area is 147 Å². The van der Waals surface area contributed by atoms with E-state index in [1.54, 1.807) is 0 Å². The Morgan fingerprint density at radius 2 is 1.52 bits per heavy atom. The minimum Gasteiger partial charge on any atom is -0.366 e. The molecule has 2 aromatic rings. The second kappa shape index (κ2) is 7.35. The summed E-state index contributed by atoms with van der Waals surface area (Å²) in [7, 11) is -3.55. The van der Waals surface area contributed by atoms with Crippen molar-refractivity contribution in [2.75, 3.05) is 26.2 Å². The average Bonchev–Trinajstić information content (AvgIpc) is 2.63. The molecule has 3 rings (SSSR count). The van der Waals surface area contributed by atoms with Gasteiger partial charge in [0, 0.05) is 38.3 Å². The highest BCUT2D eigenvalue weighted by molar-refractivity contribution is 7.89. The molecule has 6 nitrogen and oxygen atoms in total. The third kappa shape index (κ3) is 4.07. The number of nitrogens with zero attached hydrogens (tertiary/aromatic N) is 2. The zero-order valence-electron chi connectivity index (χ0n) is 13.8. The molecule has 2 aromatic carbocycles. The summed E-state index contributed by atoms with van der Waals surface area (Å²) in [6.45, 7) is 3.10. The Hall–Kier alpha value is -2.22. The van der Waals surface area contributed by atoms with Crippen LogP contribution in [0.5, 0.6) is 0 Å². The lowest BCUT2D eigenvalue weighted by Crippen LogP contribution is -2.48. The molecule has 0 bridgehead atoms. The molecular weight excluding hydrogens is 338 g/mol. The molecule has 0 aliphatic carbocycles. The van der Waals surface area contributed by atoms with E-state index in [2.05, 4.69) is 17.0 Å². The predicted molar refractivity (Wildman–Crippen MR) is 95.4 cm³/mol. The molecule has 25 heavy (non-hydrogen) atoms. The van der Waals surface area contributed by atoms with E-state index in [0.717, 1.165) is 6.54 Å². The summed E-state index contributed by atoms with van der Waals surface area (Å²) in [5, 5.41) is 0. The molecule has 1 aliphatic rings. The zero-order valence-corrected chi connectivity index (χ0v) is 14.7. The van der Waals surface area contributed by atoms with Gasteiger partial charge in [-0.05, 0) is 29.8 Å². The number of rotatable bonds is 5. The normalized spacial score (nSPS) is 16.6. The van der Waals surface area contributed by atoms with Crippen molar-refractivity contribution in [3.05, 3.63) is 65.7 Å². The monoisotopic (exact) mass is 359 g/mol. The first-order valence-corrected chi connectivity index (χ1v) is 9.57. The molecule has 0 atom stereocenters. The zero-order chi connectivity index (χ0) is 17.9. The highest BCUT2D eigenvalue weighted by Crippen LogP contribution is 2.19. The molecule has 0 aromatic heterocycles. The molecule has 0 spiro atoms. The summed E-state index contributed by atoms with van der Waals surface area (Å²) >= 11 is 0. The van der Waals surface area contributed by atoms with Crippen LogP contribution in [0.2, 0.25) is 0 Å². The molecule has 1 heterocycles. The van der Waals surface area contributed by atoms with Crippen LogP contribution in [-0.4, -0.2) is 49.7 Å². The average molecular weight is 359 g/mol. The number of carbonyl (C=O) groups excluding carboxylic acids is 1. The van der Waals surface area contributed by atoms with E-state index >= 15 is 0 Å². The Morgan fingerprint density at radius 1 is 0.920 bits per heavy atom. The lowest BCUT2D eigenvalue weighted by molar-refractivity contribution is 0.1000. The minimum absolute atomic E-state index is 0.189. The quantitative estimate of drug-likeness (QED) is 0.872. The molecule has 2 N–H and O–H groups in total. The molecule has 1 fully saturated rings. The summed E-state index contributed by atoms with van der Waals surface area (Å²) in [6, 6.07) is 15.9. The number of hydrogen-bond acceptors (Lipinski definition) is 4. The maximum absolute atomic E-state index is 12.7. The summed E-state index contributed by atoms with van der Waals surface area (Å²) < 4.78 is 26.9. The standard InChI is InChI=1S/C18H21N3O3S/c19-18(22)16-6-8-17(9-7-16)25(23,24)21-12-10-20(11-13-21)14-15-4-2-1-3-5-15/h1-9H,10-14H2,(H2,19,22). The number of carbonyl (C=O) groups is 1. The Balaban J connectivity index is 1.64. The smallest absolute Gasteiger partial charge is 0.248 e. The van der Waals surface area contributed by atoms with Crippen LogP contribution in [0, 0.1) is 0 Å². The number of benzene rings is 2. The van der Waals surface area contributed by atoms with E-state index in [1.165, 1.54) is 34.1 Å². The van der Waals surface area contributed by atoms with Crippen LogP contribution in [-0.2, 0) is 16.6 Å². The number of primary amides is 1. The van der Waals surface area contributed by atoms with Gasteiger partial charge < -0.3 is 5.73 Å². The molecule has 132 valence electrons. The van der Waals surface area contributed by atoms with Gasteiger partial charge in [0.15, 0.2) is 0 Å². The minimum atomic E-state index is -3.55. The molecule has 0 saturated carbocycles. The van der Waals surface area contributed by atoms with Crippen molar-refractivity contribution in [1.82, 2.24) is 9.21 Å². The lowest BCUT2D eigenvalue weighted by Gasteiger charge is -2.34. The van der Waals surface area contributed by atoms with Crippen LogP contribution in [0.4, 0.5) is 0 Å². The molecular formula is C18H21N3O3S. The van der Waals surface area contributed by atoms with E-state index < -0.39 is 15.9 Å². The number of piperazine rings is 1. The number of hydrogen-bond donors (Lipinski definition) is 1. The third-order valence-electron chi connectivity index (χ3n) is 4.36. The van der Waals surface area contributed by atoms with E-state index in [4.69, 9.17) is 5.73 Å². The summed E-state index contributed by atoms with van der Waals surface area (Å²) in [6.07, 6.45) is 0. The topological polar surface area (TPSA) is 83.7 Å². The highest BCUT2D eigenvalue weighted by atomic mass is 32.2. The number of nitrogens with two attached hydrogens (primary N) is 1. The van der Waals surface area contributed by atoms with Crippen LogP contribution < -0.4 is 5.73 Å². The van der Waals surface area contributed by atoms with Gasteiger partial charge in [0.05, 0.1) is 4.90 Å². The highest BCUT2D eigenvalue weighted by Gasteiger charge is 2.28. The van der Waals surface area contributed by atoms with Gasteiger partial charge in [0.2, 0.25) is 15.9 Å². The maximum Gasteiger partial charge on any atom is 0.248 e. The Morgan fingerprint density at radius 3 is 2.08 bits per heavy atom. The first-order chi connectivity index (χ1) is 12.0. The first kappa shape index (κ1) is 17.6. The van der Waals surface area contributed by atoms with E-state index in [-0.39, 0.29) is 4.90 Å². The van der Waals surface area contributed by atoms with Crippen LogP contribution in [0.3, 0.4) is 0 Å². The molecule has 7 heteroatoms. The Bertz CT molecular complexity index is 828. The van der Waals surface area contributed by atoms with Crippen molar-refractivity contribution >= 4 is 15.9 Å². The second-order valence-corrected chi connectivity index (χ2v) is 7.99. The van der Waals surface area contributed by atoms with Gasteiger partial charge in [-0.1, -0.05) is 30.3 Å². The van der Waals surface area contributed by atoms with E-state index in [1.807, 2.05) is 18.2 Å².